The van der Waals surface area contributed by atoms with E-state index in [2.05, 4.69) is 5.32 Å². The second kappa shape index (κ2) is 11.7. The van der Waals surface area contributed by atoms with Gasteiger partial charge in [-0.1, -0.05) is 30.3 Å². The van der Waals surface area contributed by atoms with Crippen LogP contribution in [0.25, 0.3) is 21.2 Å². The minimum absolute atomic E-state index is 0.00876. The van der Waals surface area contributed by atoms with Gasteiger partial charge in [0.2, 0.25) is 0 Å². The molecule has 1 heterocycles. The van der Waals surface area contributed by atoms with Gasteiger partial charge in [-0.15, -0.1) is 11.3 Å². The van der Waals surface area contributed by atoms with Gasteiger partial charge in [0.05, 0.1) is 5.56 Å². The average Bonchev–Trinajstić information content (AvgIpc) is 3.29. The van der Waals surface area contributed by atoms with Crippen LogP contribution in [0.4, 0.5) is 22.0 Å². The Labute approximate surface area is 232 Å². The van der Waals surface area contributed by atoms with E-state index in [1.165, 1.54) is 35.6 Å². The second-order valence-corrected chi connectivity index (χ2v) is 11.3. The highest BCUT2D eigenvalue weighted by Gasteiger charge is 2.35. The molecular weight excluding hydrogens is 545 g/mol. The van der Waals surface area contributed by atoms with Crippen molar-refractivity contribution in [1.29, 1.82) is 0 Å². The lowest BCUT2D eigenvalue weighted by Gasteiger charge is -2.33. The number of Topliss-reactive ketones (excluding diaryl/α,β-unsaturated/α-hetero) is 1. The number of rotatable bonds is 8. The Hall–Kier alpha value is -3.30. The molecule has 3 nitrogen and oxygen atoms in total. The molecule has 1 aliphatic rings. The molecule has 0 amide bonds. The van der Waals surface area contributed by atoms with E-state index in [4.69, 9.17) is 0 Å². The van der Waals surface area contributed by atoms with Crippen LogP contribution in [-0.4, -0.2) is 23.7 Å². The molecule has 9 heteroatoms. The quantitative estimate of drug-likeness (QED) is 0.126. The van der Waals surface area contributed by atoms with Gasteiger partial charge in [0.1, 0.15) is 23.2 Å². The van der Waals surface area contributed by atoms with Crippen LogP contribution in [0.15, 0.2) is 66.7 Å². The van der Waals surface area contributed by atoms with Crippen LogP contribution in [0.5, 0.6) is 5.75 Å². The smallest absolute Gasteiger partial charge is 0.416 e. The third-order valence-corrected chi connectivity index (χ3v) is 9.04. The highest BCUT2D eigenvalue weighted by molar-refractivity contribution is 7.21. The van der Waals surface area contributed by atoms with Gasteiger partial charge < -0.3 is 5.11 Å². The van der Waals surface area contributed by atoms with Crippen LogP contribution >= 0.6 is 11.3 Å². The van der Waals surface area contributed by atoms with Crippen LogP contribution < -0.4 is 5.32 Å². The fraction of sp³-hybridized carbons (Fsp3) is 0.323. The van der Waals surface area contributed by atoms with Gasteiger partial charge in [-0.2, -0.15) is 13.2 Å². The molecule has 4 aromatic rings. The van der Waals surface area contributed by atoms with E-state index >= 15 is 4.39 Å². The number of benzene rings is 3. The molecule has 0 bridgehead atoms. The van der Waals surface area contributed by atoms with E-state index in [1.54, 1.807) is 18.2 Å². The molecule has 0 spiro atoms. The molecule has 40 heavy (non-hydrogen) atoms. The first kappa shape index (κ1) is 28.2. The van der Waals surface area contributed by atoms with Crippen LogP contribution in [0.1, 0.15) is 46.5 Å². The van der Waals surface area contributed by atoms with Crippen molar-refractivity contribution in [2.24, 2.45) is 11.8 Å². The summed E-state index contributed by atoms with van der Waals surface area (Å²) < 4.78 is 67.8. The van der Waals surface area contributed by atoms with Crippen molar-refractivity contribution in [3.63, 3.8) is 0 Å². The molecule has 1 fully saturated rings. The molecule has 1 unspecified atom stereocenters. The van der Waals surface area contributed by atoms with Gasteiger partial charge in [0, 0.05) is 22.0 Å². The number of aromatic hydroxyl groups is 1. The highest BCUT2D eigenvalue weighted by Crippen LogP contribution is 2.42. The van der Waals surface area contributed by atoms with E-state index in [0.717, 1.165) is 16.8 Å². The predicted octanol–water partition coefficient (Wildman–Crippen LogP) is 8.55. The van der Waals surface area contributed by atoms with Gasteiger partial charge in [-0.3, -0.25) is 10.1 Å². The van der Waals surface area contributed by atoms with E-state index in [9.17, 15) is 27.5 Å². The summed E-state index contributed by atoms with van der Waals surface area (Å²) in [4.78, 5) is 14.2. The van der Waals surface area contributed by atoms with Crippen molar-refractivity contribution < 1.29 is 31.9 Å². The molecule has 3 aromatic carbocycles. The topological polar surface area (TPSA) is 49.3 Å². The summed E-state index contributed by atoms with van der Waals surface area (Å²) in [5.41, 5.74) is 0.541. The monoisotopic (exact) mass is 573 g/mol. The van der Waals surface area contributed by atoms with Crippen LogP contribution in [0.2, 0.25) is 0 Å². The molecule has 0 radical (unpaired) electrons. The minimum Gasteiger partial charge on any atom is -0.506 e. The first-order valence-corrected chi connectivity index (χ1v) is 14.0. The second-order valence-electron chi connectivity index (χ2n) is 10.3. The number of ketones is 1. The van der Waals surface area contributed by atoms with E-state index < -0.39 is 30.3 Å². The Morgan fingerprint density at radius 1 is 0.975 bits per heavy atom. The fourth-order valence-electron chi connectivity index (χ4n) is 5.67. The normalized spacial score (nSPS) is 18.6. The zero-order valence-corrected chi connectivity index (χ0v) is 22.3. The fourth-order valence-corrected chi connectivity index (χ4v) is 6.77. The third-order valence-electron chi connectivity index (χ3n) is 7.87. The summed E-state index contributed by atoms with van der Waals surface area (Å²) in [7, 11) is 0. The number of carbonyl (C=O) groups is 1. The lowest BCUT2D eigenvalue weighted by Crippen LogP contribution is -2.36. The van der Waals surface area contributed by atoms with Crippen molar-refractivity contribution in [2.75, 3.05) is 6.80 Å². The first-order chi connectivity index (χ1) is 19.2. The molecule has 5 rings (SSSR count). The zero-order valence-electron chi connectivity index (χ0n) is 21.5. The summed E-state index contributed by atoms with van der Waals surface area (Å²) in [5, 5.41) is 14.3. The molecule has 1 aromatic heterocycles. The Bertz CT molecular complexity index is 1490. The van der Waals surface area contributed by atoms with Gasteiger partial charge in [0.15, 0.2) is 5.78 Å². The maximum Gasteiger partial charge on any atom is 0.416 e. The first-order valence-electron chi connectivity index (χ1n) is 13.2. The summed E-state index contributed by atoms with van der Waals surface area (Å²) >= 11 is 1.20. The summed E-state index contributed by atoms with van der Waals surface area (Å²) in [6, 6.07) is 16.2. The Morgan fingerprint density at radius 3 is 2.30 bits per heavy atom. The largest absolute Gasteiger partial charge is 0.506 e. The Kier molecular flexibility index (Phi) is 8.24. The van der Waals surface area contributed by atoms with Gasteiger partial charge in [0.25, 0.3) is 0 Å². The van der Waals surface area contributed by atoms with Crippen molar-refractivity contribution in [3.05, 3.63) is 88.6 Å². The number of hydrogen-bond acceptors (Lipinski definition) is 4. The van der Waals surface area contributed by atoms with Crippen LogP contribution in [0, 0.1) is 17.7 Å². The highest BCUT2D eigenvalue weighted by atomic mass is 32.1. The molecule has 1 saturated carbocycles. The number of thiophene rings is 1. The standard InChI is InChI=1S/C31H28F5NO2S/c32-17-37-23-12-7-19(8-13-23)25(29(39)30-28(38)24-3-1-2-4-27(24)40-30)16-21-15-20(9-14-26(21)33)18-5-10-22(11-6-18)31(34,35)36/h1-6,9-11,14-15,19,23,25,37-38H,7-8,12-13,16-17H2. The number of nitrogens with one attached hydrogen (secondary N) is 1. The van der Waals surface area contributed by atoms with Crippen molar-refractivity contribution in [1.82, 2.24) is 5.32 Å². The van der Waals surface area contributed by atoms with Gasteiger partial charge in [-0.25, -0.2) is 8.78 Å². The van der Waals surface area contributed by atoms with Crippen molar-refractivity contribution >= 4 is 27.2 Å². The Morgan fingerprint density at radius 2 is 1.65 bits per heavy atom. The van der Waals surface area contributed by atoms with Crippen molar-refractivity contribution in [3.8, 4) is 16.9 Å². The van der Waals surface area contributed by atoms with Crippen molar-refractivity contribution in [2.45, 2.75) is 44.3 Å². The minimum atomic E-state index is -4.46. The summed E-state index contributed by atoms with van der Waals surface area (Å²) in [6.45, 7) is -0.630. The molecule has 1 aliphatic carbocycles. The summed E-state index contributed by atoms with van der Waals surface area (Å²) in [6.07, 6.45) is -1.77. The number of carbonyl (C=O) groups excluding carboxylic acids is 1. The Balaban J connectivity index is 1.47. The number of hydrogen-bond donors (Lipinski definition) is 2. The van der Waals surface area contributed by atoms with Crippen LogP contribution in [0.3, 0.4) is 0 Å². The molecular formula is C31H28F5NO2S. The number of halogens is 5. The van der Waals surface area contributed by atoms with E-state index in [1.807, 2.05) is 12.1 Å². The SMILES string of the molecule is O=C(c1sc2ccccc2c1O)C(Cc1cc(-c2ccc(C(F)(F)F)cc2)ccc1F)C1CCC(NCF)CC1. The maximum absolute atomic E-state index is 15.1. The van der Waals surface area contributed by atoms with E-state index in [-0.39, 0.29) is 40.4 Å². The number of fused-ring (bicyclic) bond motifs is 1. The van der Waals surface area contributed by atoms with Gasteiger partial charge in [-0.05, 0) is 91.1 Å². The van der Waals surface area contributed by atoms with Gasteiger partial charge >= 0.3 is 6.18 Å². The zero-order chi connectivity index (χ0) is 28.4. The van der Waals surface area contributed by atoms with E-state index in [0.29, 0.717) is 42.2 Å². The number of alkyl halides is 4. The third kappa shape index (κ3) is 5.90. The average molecular weight is 574 g/mol. The molecule has 210 valence electrons. The molecule has 2 N–H and O–H groups in total. The lowest BCUT2D eigenvalue weighted by atomic mass is 9.73. The van der Waals surface area contributed by atoms with Crippen LogP contribution in [-0.2, 0) is 12.6 Å². The predicted molar refractivity (Wildman–Crippen MR) is 147 cm³/mol. The lowest BCUT2D eigenvalue weighted by molar-refractivity contribution is -0.137. The summed E-state index contributed by atoms with van der Waals surface area (Å²) in [5.74, 6) is -1.60. The molecule has 0 saturated heterocycles. The maximum atomic E-state index is 15.1. The molecule has 0 aliphatic heterocycles. The molecule has 1 atom stereocenters.